The molecule has 0 spiro atoms. The molecule has 186 valence electrons. The molecule has 0 fully saturated rings. The van der Waals surface area contributed by atoms with Gasteiger partial charge in [-0.1, -0.05) is 41.4 Å². The van der Waals surface area contributed by atoms with E-state index in [4.69, 9.17) is 23.2 Å². The molecule has 0 saturated heterocycles. The molecule has 1 N–H and O–H groups in total. The van der Waals surface area contributed by atoms with Crippen molar-refractivity contribution in [2.24, 2.45) is 0 Å². The average Bonchev–Trinajstić information content (AvgIpc) is 2.71. The fourth-order valence-corrected chi connectivity index (χ4v) is 4.50. The van der Waals surface area contributed by atoms with Crippen molar-refractivity contribution >= 4 is 50.7 Å². The van der Waals surface area contributed by atoms with Crippen LogP contribution in [0.2, 0.25) is 10.0 Å². The lowest BCUT2D eigenvalue weighted by molar-refractivity contribution is -0.140. The Morgan fingerprint density at radius 2 is 1.65 bits per heavy atom. The summed E-state index contributed by atoms with van der Waals surface area (Å²) in [7, 11) is -3.83. The Bertz CT molecular complexity index is 1150. The number of amides is 2. The van der Waals surface area contributed by atoms with E-state index >= 15 is 0 Å². The molecular formula is C24H31Cl2N3O4S. The summed E-state index contributed by atoms with van der Waals surface area (Å²) in [5.41, 5.74) is 1.08. The summed E-state index contributed by atoms with van der Waals surface area (Å²) in [6, 6.07) is 10.9. The fraction of sp³-hybridized carbons (Fsp3) is 0.417. The fourth-order valence-electron chi connectivity index (χ4n) is 3.30. The molecule has 1 atom stereocenters. The minimum Gasteiger partial charge on any atom is -0.350 e. The molecule has 0 aromatic heterocycles. The van der Waals surface area contributed by atoms with Crippen molar-refractivity contribution in [3.63, 3.8) is 0 Å². The van der Waals surface area contributed by atoms with Crippen LogP contribution in [0.4, 0.5) is 5.69 Å². The molecule has 0 unspecified atom stereocenters. The number of carbonyl (C=O) groups excluding carboxylic acids is 2. The van der Waals surface area contributed by atoms with Crippen LogP contribution in [0.15, 0.2) is 42.5 Å². The Labute approximate surface area is 212 Å². The highest BCUT2D eigenvalue weighted by Gasteiger charge is 2.31. The predicted octanol–water partition coefficient (Wildman–Crippen LogP) is 4.40. The van der Waals surface area contributed by atoms with E-state index in [1.165, 1.54) is 4.90 Å². The first-order valence-corrected chi connectivity index (χ1v) is 13.3. The molecule has 0 bridgehead atoms. The molecular weight excluding hydrogens is 497 g/mol. The van der Waals surface area contributed by atoms with Gasteiger partial charge < -0.3 is 10.2 Å². The zero-order valence-electron chi connectivity index (χ0n) is 20.2. The van der Waals surface area contributed by atoms with E-state index in [-0.39, 0.29) is 12.5 Å². The molecule has 2 amide bonds. The third-order valence-corrected chi connectivity index (χ3v) is 6.91. The molecule has 0 aliphatic carbocycles. The molecule has 2 aromatic rings. The van der Waals surface area contributed by atoms with Gasteiger partial charge in [-0.2, -0.15) is 0 Å². The number of sulfonamides is 1. The summed E-state index contributed by atoms with van der Waals surface area (Å²) in [6.07, 6.45) is 1.03. The number of benzene rings is 2. The third kappa shape index (κ3) is 7.61. The largest absolute Gasteiger partial charge is 0.350 e. The summed E-state index contributed by atoms with van der Waals surface area (Å²) in [5.74, 6) is -0.879. The smallest absolute Gasteiger partial charge is 0.244 e. The van der Waals surface area contributed by atoms with Crippen LogP contribution in [0.3, 0.4) is 0 Å². The van der Waals surface area contributed by atoms with E-state index in [1.807, 2.05) is 20.8 Å². The molecule has 34 heavy (non-hydrogen) atoms. The van der Waals surface area contributed by atoms with Crippen LogP contribution in [0.1, 0.15) is 38.8 Å². The van der Waals surface area contributed by atoms with Gasteiger partial charge in [-0.3, -0.25) is 13.9 Å². The second-order valence-electron chi connectivity index (χ2n) is 9.22. The Balaban J connectivity index is 2.44. The molecule has 2 rings (SSSR count). The van der Waals surface area contributed by atoms with Crippen LogP contribution in [-0.2, 0) is 26.2 Å². The van der Waals surface area contributed by atoms with Crippen molar-refractivity contribution in [2.75, 3.05) is 17.1 Å². The third-order valence-electron chi connectivity index (χ3n) is 5.12. The monoisotopic (exact) mass is 527 g/mol. The second-order valence-corrected chi connectivity index (χ2v) is 12.0. The number of hydrogen-bond donors (Lipinski definition) is 1. The first kappa shape index (κ1) is 28.0. The topological polar surface area (TPSA) is 86.8 Å². The molecule has 10 heteroatoms. The number of halogens is 2. The first-order chi connectivity index (χ1) is 15.6. The minimum absolute atomic E-state index is 0.0981. The van der Waals surface area contributed by atoms with E-state index < -0.39 is 34.1 Å². The van der Waals surface area contributed by atoms with Gasteiger partial charge in [0.05, 0.1) is 11.9 Å². The lowest BCUT2D eigenvalue weighted by Gasteiger charge is -2.33. The van der Waals surface area contributed by atoms with E-state index in [0.717, 1.165) is 16.1 Å². The summed E-state index contributed by atoms with van der Waals surface area (Å²) >= 11 is 12.2. The van der Waals surface area contributed by atoms with Crippen LogP contribution < -0.4 is 9.62 Å². The maximum atomic E-state index is 13.5. The van der Waals surface area contributed by atoms with Crippen molar-refractivity contribution in [3.05, 3.63) is 63.6 Å². The maximum Gasteiger partial charge on any atom is 0.244 e. The van der Waals surface area contributed by atoms with E-state index in [2.05, 4.69) is 5.32 Å². The lowest BCUT2D eigenvalue weighted by Crippen LogP contribution is -2.54. The highest BCUT2D eigenvalue weighted by molar-refractivity contribution is 7.92. The summed E-state index contributed by atoms with van der Waals surface area (Å²) in [6.45, 7) is 8.44. The average molecular weight is 529 g/mol. The van der Waals surface area contributed by atoms with Crippen molar-refractivity contribution in [1.29, 1.82) is 0 Å². The predicted molar refractivity (Wildman–Crippen MR) is 138 cm³/mol. The standard InChI is InChI=1S/C24H31Cl2N3O4S/c1-16-20(26)8-7-9-21(16)29(34(6,32)33)15-22(30)28(14-18-10-12-19(25)13-11-18)17(2)23(31)27-24(3,4)5/h7-13,17H,14-15H2,1-6H3,(H,27,31)/t17-/m0/s1. The number of carbonyl (C=O) groups is 2. The summed E-state index contributed by atoms with van der Waals surface area (Å²) in [4.78, 5) is 27.8. The first-order valence-electron chi connectivity index (χ1n) is 10.7. The number of rotatable bonds is 8. The number of nitrogens with one attached hydrogen (secondary N) is 1. The quantitative estimate of drug-likeness (QED) is 0.551. The van der Waals surface area contributed by atoms with Crippen LogP contribution >= 0.6 is 23.2 Å². The molecule has 0 radical (unpaired) electrons. The van der Waals surface area contributed by atoms with Crippen molar-refractivity contribution in [2.45, 2.75) is 52.7 Å². The molecule has 0 saturated carbocycles. The summed E-state index contributed by atoms with van der Waals surface area (Å²) < 4.78 is 26.3. The van der Waals surface area contributed by atoms with Gasteiger partial charge >= 0.3 is 0 Å². The highest BCUT2D eigenvalue weighted by atomic mass is 35.5. The van der Waals surface area contributed by atoms with E-state index in [1.54, 1.807) is 56.3 Å². The summed E-state index contributed by atoms with van der Waals surface area (Å²) in [5, 5.41) is 3.80. The van der Waals surface area contributed by atoms with E-state index in [9.17, 15) is 18.0 Å². The number of nitrogens with zero attached hydrogens (tertiary/aromatic N) is 2. The normalized spacial score (nSPS) is 12.7. The minimum atomic E-state index is -3.83. The lowest BCUT2D eigenvalue weighted by atomic mass is 10.1. The van der Waals surface area contributed by atoms with Gasteiger partial charge in [0, 0.05) is 22.1 Å². The number of hydrogen-bond acceptors (Lipinski definition) is 4. The second kappa shape index (κ2) is 11.0. The van der Waals surface area contributed by atoms with Gasteiger partial charge in [-0.15, -0.1) is 0 Å². The molecule has 0 heterocycles. The van der Waals surface area contributed by atoms with Gasteiger partial charge in [-0.25, -0.2) is 8.42 Å². The van der Waals surface area contributed by atoms with Gasteiger partial charge in [0.15, 0.2) is 0 Å². The van der Waals surface area contributed by atoms with Crippen LogP contribution in [0.25, 0.3) is 0 Å². The molecule has 7 nitrogen and oxygen atoms in total. The Hall–Kier alpha value is -2.29. The van der Waals surface area contributed by atoms with E-state index in [0.29, 0.717) is 21.3 Å². The van der Waals surface area contributed by atoms with Crippen LogP contribution in [0.5, 0.6) is 0 Å². The Kier molecular flexibility index (Phi) is 9.02. The van der Waals surface area contributed by atoms with Crippen LogP contribution in [0, 0.1) is 6.92 Å². The SMILES string of the molecule is Cc1c(Cl)cccc1N(CC(=O)N(Cc1ccc(Cl)cc1)[C@@H](C)C(=O)NC(C)(C)C)S(C)(=O)=O. The molecule has 0 aliphatic rings. The highest BCUT2D eigenvalue weighted by Crippen LogP contribution is 2.28. The van der Waals surface area contributed by atoms with Crippen molar-refractivity contribution < 1.29 is 18.0 Å². The van der Waals surface area contributed by atoms with Gasteiger partial charge in [-0.05, 0) is 70.0 Å². The van der Waals surface area contributed by atoms with Gasteiger partial charge in [0.25, 0.3) is 0 Å². The zero-order valence-corrected chi connectivity index (χ0v) is 22.6. The van der Waals surface area contributed by atoms with Crippen molar-refractivity contribution in [3.8, 4) is 0 Å². The maximum absolute atomic E-state index is 13.5. The Morgan fingerprint density at radius 1 is 1.06 bits per heavy atom. The van der Waals surface area contributed by atoms with Gasteiger partial charge in [0.1, 0.15) is 12.6 Å². The molecule has 2 aromatic carbocycles. The van der Waals surface area contributed by atoms with Gasteiger partial charge in [0.2, 0.25) is 21.8 Å². The Morgan fingerprint density at radius 3 is 2.18 bits per heavy atom. The van der Waals surface area contributed by atoms with Crippen molar-refractivity contribution in [1.82, 2.24) is 10.2 Å². The van der Waals surface area contributed by atoms with Crippen LogP contribution in [-0.4, -0.2) is 49.5 Å². The number of anilines is 1. The molecule has 0 aliphatic heterocycles. The zero-order chi connectivity index (χ0) is 25.8.